The average Bonchev–Trinajstić information content (AvgIpc) is 2.01. The highest BCUT2D eigenvalue weighted by molar-refractivity contribution is 9.10. The molecule has 2 heterocycles. The molecule has 1 aliphatic heterocycles. The van der Waals surface area contributed by atoms with E-state index in [1.165, 1.54) is 0 Å². The van der Waals surface area contributed by atoms with Crippen molar-refractivity contribution in [2.24, 2.45) is 0 Å². The summed E-state index contributed by atoms with van der Waals surface area (Å²) in [6.45, 7) is 4.50. The molecule has 3 nitrogen and oxygen atoms in total. The fourth-order valence-corrected chi connectivity index (χ4v) is 1.47. The molecule has 0 saturated carbocycles. The van der Waals surface area contributed by atoms with Gasteiger partial charge >= 0.3 is 0 Å². The van der Waals surface area contributed by atoms with Crippen molar-refractivity contribution in [1.82, 2.24) is 4.98 Å². The first-order valence-corrected chi connectivity index (χ1v) is 4.83. The number of fused-ring (bicyclic) bond motifs is 1. The van der Waals surface area contributed by atoms with E-state index in [0.717, 1.165) is 4.47 Å². The summed E-state index contributed by atoms with van der Waals surface area (Å²) in [5.41, 5.74) is -0.268. The van der Waals surface area contributed by atoms with Gasteiger partial charge in [0.05, 0.1) is 0 Å². The second-order valence-electron chi connectivity index (χ2n) is 3.61. The van der Waals surface area contributed by atoms with Crippen molar-refractivity contribution >= 4 is 15.9 Å². The molecular weight excluding hydrogens is 234 g/mol. The highest BCUT2D eigenvalue weighted by atomic mass is 79.9. The minimum absolute atomic E-state index is 0.268. The first-order chi connectivity index (χ1) is 6.07. The Hall–Kier alpha value is -0.770. The van der Waals surface area contributed by atoms with E-state index < -0.39 is 0 Å². The van der Waals surface area contributed by atoms with E-state index in [1.807, 2.05) is 19.9 Å². The van der Waals surface area contributed by atoms with Gasteiger partial charge in [-0.05, 0) is 29.8 Å². The molecule has 0 spiro atoms. The lowest BCUT2D eigenvalue weighted by atomic mass is 10.1. The Kier molecular flexibility index (Phi) is 1.95. The summed E-state index contributed by atoms with van der Waals surface area (Å²) < 4.78 is 12.0. The average molecular weight is 244 g/mol. The quantitative estimate of drug-likeness (QED) is 0.702. The van der Waals surface area contributed by atoms with E-state index >= 15 is 0 Å². The molecule has 0 fully saturated rings. The van der Waals surface area contributed by atoms with Crippen LogP contribution in [0.25, 0.3) is 0 Å². The number of rotatable bonds is 0. The molecule has 0 unspecified atom stereocenters. The van der Waals surface area contributed by atoms with E-state index in [4.69, 9.17) is 9.47 Å². The molecule has 0 amide bonds. The third-order valence-electron chi connectivity index (χ3n) is 1.73. The van der Waals surface area contributed by atoms with E-state index in [2.05, 4.69) is 20.9 Å². The van der Waals surface area contributed by atoms with Gasteiger partial charge in [-0.3, -0.25) is 0 Å². The molecule has 4 heteroatoms. The molecular formula is C9H10BrNO2. The molecule has 0 N–H and O–H groups in total. The molecule has 70 valence electrons. The number of pyridine rings is 1. The van der Waals surface area contributed by atoms with Crippen LogP contribution in [0.4, 0.5) is 0 Å². The Morgan fingerprint density at radius 2 is 2.31 bits per heavy atom. The standard InChI is InChI=1S/C9H10BrNO2/c1-9(2)5-12-8-7(13-9)3-6(10)4-11-8/h3-4H,5H2,1-2H3. The number of ether oxygens (including phenoxy) is 2. The van der Waals surface area contributed by atoms with Crippen LogP contribution < -0.4 is 9.47 Å². The van der Waals surface area contributed by atoms with Crippen molar-refractivity contribution in [3.63, 3.8) is 0 Å². The van der Waals surface area contributed by atoms with Crippen molar-refractivity contribution in [1.29, 1.82) is 0 Å². The first-order valence-electron chi connectivity index (χ1n) is 4.04. The van der Waals surface area contributed by atoms with E-state index in [1.54, 1.807) is 6.20 Å². The Labute approximate surface area is 85.2 Å². The molecule has 0 bridgehead atoms. The lowest BCUT2D eigenvalue weighted by molar-refractivity contribution is 0.0177. The molecule has 13 heavy (non-hydrogen) atoms. The fourth-order valence-electron chi connectivity index (χ4n) is 1.16. The van der Waals surface area contributed by atoms with E-state index in [9.17, 15) is 0 Å². The van der Waals surface area contributed by atoms with Crippen molar-refractivity contribution in [3.8, 4) is 11.6 Å². The maximum Gasteiger partial charge on any atom is 0.257 e. The van der Waals surface area contributed by atoms with Crippen molar-refractivity contribution in [2.45, 2.75) is 19.4 Å². The van der Waals surface area contributed by atoms with Gasteiger partial charge < -0.3 is 9.47 Å². The lowest BCUT2D eigenvalue weighted by Crippen LogP contribution is -2.38. The van der Waals surface area contributed by atoms with Gasteiger partial charge in [0.15, 0.2) is 5.75 Å². The zero-order chi connectivity index (χ0) is 9.47. The van der Waals surface area contributed by atoms with Crippen molar-refractivity contribution < 1.29 is 9.47 Å². The summed E-state index contributed by atoms with van der Waals surface area (Å²) in [4.78, 5) is 4.09. The number of hydrogen-bond acceptors (Lipinski definition) is 3. The molecule has 0 radical (unpaired) electrons. The molecule has 0 aromatic carbocycles. The molecule has 0 saturated heterocycles. The highest BCUT2D eigenvalue weighted by Crippen LogP contribution is 2.34. The number of halogens is 1. The third kappa shape index (κ3) is 1.77. The second kappa shape index (κ2) is 2.87. The fraction of sp³-hybridized carbons (Fsp3) is 0.444. The molecule has 0 atom stereocenters. The van der Waals surface area contributed by atoms with Gasteiger partial charge in [-0.2, -0.15) is 0 Å². The largest absolute Gasteiger partial charge is 0.479 e. The van der Waals surface area contributed by atoms with Crippen LogP contribution in [0.5, 0.6) is 11.6 Å². The lowest BCUT2D eigenvalue weighted by Gasteiger charge is -2.31. The number of nitrogens with zero attached hydrogens (tertiary/aromatic N) is 1. The molecule has 0 aliphatic carbocycles. The van der Waals surface area contributed by atoms with Gasteiger partial charge in [-0.15, -0.1) is 0 Å². The Balaban J connectivity index is 2.38. The monoisotopic (exact) mass is 243 g/mol. The Morgan fingerprint density at radius 3 is 3.08 bits per heavy atom. The molecule has 1 aromatic heterocycles. The predicted molar refractivity (Wildman–Crippen MR) is 52.1 cm³/mol. The zero-order valence-corrected chi connectivity index (χ0v) is 9.09. The summed E-state index contributed by atoms with van der Waals surface area (Å²) in [6, 6.07) is 1.86. The van der Waals surface area contributed by atoms with Gasteiger partial charge in [0.1, 0.15) is 12.2 Å². The van der Waals surface area contributed by atoms with Crippen LogP contribution in [0.15, 0.2) is 16.7 Å². The molecule has 1 aliphatic rings. The molecule has 1 aromatic rings. The summed E-state index contributed by atoms with van der Waals surface area (Å²) in [7, 11) is 0. The van der Waals surface area contributed by atoms with Crippen LogP contribution in [0.3, 0.4) is 0 Å². The van der Waals surface area contributed by atoms with Crippen molar-refractivity contribution in [3.05, 3.63) is 16.7 Å². The van der Waals surface area contributed by atoms with E-state index in [-0.39, 0.29) is 5.60 Å². The maximum atomic E-state index is 5.68. The predicted octanol–water partition coefficient (Wildman–Crippen LogP) is 2.39. The molecule has 2 rings (SSSR count). The van der Waals surface area contributed by atoms with Crippen molar-refractivity contribution in [2.75, 3.05) is 6.61 Å². The number of aromatic nitrogens is 1. The normalized spacial score (nSPS) is 18.4. The second-order valence-corrected chi connectivity index (χ2v) is 4.52. The summed E-state index contributed by atoms with van der Waals surface area (Å²) >= 11 is 3.33. The van der Waals surface area contributed by atoms with Crippen LogP contribution in [0.2, 0.25) is 0 Å². The SMILES string of the molecule is CC1(C)COc2ncc(Br)cc2O1. The van der Waals surface area contributed by atoms with Crippen LogP contribution in [0, 0.1) is 0 Å². The third-order valence-corrected chi connectivity index (χ3v) is 2.16. The van der Waals surface area contributed by atoms with Gasteiger partial charge in [0.2, 0.25) is 0 Å². The van der Waals surface area contributed by atoms with Gasteiger partial charge in [0, 0.05) is 16.7 Å². The van der Waals surface area contributed by atoms with Crippen LogP contribution in [0.1, 0.15) is 13.8 Å². The summed E-state index contributed by atoms with van der Waals surface area (Å²) in [5, 5.41) is 0. The minimum Gasteiger partial charge on any atom is -0.479 e. The summed E-state index contributed by atoms with van der Waals surface area (Å²) in [6.07, 6.45) is 1.69. The first kappa shape index (κ1) is 8.81. The van der Waals surface area contributed by atoms with Gasteiger partial charge in [-0.1, -0.05) is 0 Å². The van der Waals surface area contributed by atoms with E-state index in [0.29, 0.717) is 18.2 Å². The van der Waals surface area contributed by atoms with Crippen LogP contribution >= 0.6 is 15.9 Å². The minimum atomic E-state index is -0.268. The van der Waals surface area contributed by atoms with Gasteiger partial charge in [0.25, 0.3) is 5.88 Å². The summed E-state index contributed by atoms with van der Waals surface area (Å²) in [5.74, 6) is 1.27. The number of hydrogen-bond donors (Lipinski definition) is 0. The topological polar surface area (TPSA) is 31.4 Å². The van der Waals surface area contributed by atoms with Crippen LogP contribution in [-0.4, -0.2) is 17.2 Å². The highest BCUT2D eigenvalue weighted by Gasteiger charge is 2.28. The smallest absolute Gasteiger partial charge is 0.257 e. The Bertz CT molecular complexity index is 338. The Morgan fingerprint density at radius 1 is 1.54 bits per heavy atom. The maximum absolute atomic E-state index is 5.68. The van der Waals surface area contributed by atoms with Gasteiger partial charge in [-0.25, -0.2) is 4.98 Å². The zero-order valence-electron chi connectivity index (χ0n) is 7.50. The van der Waals surface area contributed by atoms with Crippen LogP contribution in [-0.2, 0) is 0 Å².